The zero-order valence-electron chi connectivity index (χ0n) is 11.2. The van der Waals surface area contributed by atoms with Crippen LogP contribution >= 0.6 is 15.9 Å². The molecule has 0 spiro atoms. The first-order chi connectivity index (χ1) is 10.0. The molecule has 1 heterocycles. The summed E-state index contributed by atoms with van der Waals surface area (Å²) in [6, 6.07) is 3.64. The molecule has 0 radical (unpaired) electrons. The minimum absolute atomic E-state index is 0.196. The average Bonchev–Trinajstić information content (AvgIpc) is 2.94. The Hall–Kier alpha value is -1.69. The lowest BCUT2D eigenvalue weighted by Crippen LogP contribution is -2.15. The second-order valence-electron chi connectivity index (χ2n) is 5.29. The molecular weight excluding hydrogens is 339 g/mol. The molecule has 4 nitrogen and oxygen atoms in total. The van der Waals surface area contributed by atoms with Crippen molar-refractivity contribution in [2.24, 2.45) is 0 Å². The van der Waals surface area contributed by atoms with Crippen LogP contribution in [0.5, 0.6) is 5.75 Å². The molecule has 0 amide bonds. The maximum Gasteiger partial charge on any atom is 0.265 e. The number of aromatic amines is 1. The van der Waals surface area contributed by atoms with Gasteiger partial charge in [-0.05, 0) is 40.9 Å². The van der Waals surface area contributed by atoms with E-state index in [1.165, 1.54) is 12.1 Å². The van der Waals surface area contributed by atoms with E-state index < -0.39 is 5.82 Å². The van der Waals surface area contributed by atoms with E-state index in [0.717, 1.165) is 37.4 Å². The number of nitrogens with zero attached hydrogens (tertiary/aromatic N) is 1. The minimum atomic E-state index is -0.571. The Balaban J connectivity index is 2.12. The number of hydrogen-bond donors (Lipinski definition) is 2. The van der Waals surface area contributed by atoms with E-state index >= 15 is 0 Å². The molecule has 110 valence electrons. The zero-order valence-corrected chi connectivity index (χ0v) is 12.8. The van der Waals surface area contributed by atoms with Crippen LogP contribution in [0.2, 0.25) is 0 Å². The topological polar surface area (TPSA) is 66.0 Å². The monoisotopic (exact) mass is 352 g/mol. The van der Waals surface area contributed by atoms with Crippen molar-refractivity contribution in [2.75, 3.05) is 0 Å². The molecular formula is C15H14BrFN2O2. The number of phenolic OH excluding ortho intramolecular Hbond substituents is 1. The second kappa shape index (κ2) is 5.60. The summed E-state index contributed by atoms with van der Waals surface area (Å²) in [6.07, 6.45) is 4.26. The molecule has 0 bridgehead atoms. The predicted molar refractivity (Wildman–Crippen MR) is 80.8 cm³/mol. The van der Waals surface area contributed by atoms with Gasteiger partial charge in [0.15, 0.2) is 0 Å². The first kappa shape index (κ1) is 14.3. The lowest BCUT2D eigenvalue weighted by molar-refractivity contribution is 0.469. The fraction of sp³-hybridized carbons (Fsp3) is 0.333. The molecule has 1 saturated carbocycles. The Morgan fingerprint density at radius 1 is 1.29 bits per heavy atom. The van der Waals surface area contributed by atoms with E-state index in [-0.39, 0.29) is 23.1 Å². The van der Waals surface area contributed by atoms with Crippen molar-refractivity contribution in [1.29, 1.82) is 0 Å². The quantitative estimate of drug-likeness (QED) is 0.865. The first-order valence-electron chi connectivity index (χ1n) is 6.84. The summed E-state index contributed by atoms with van der Waals surface area (Å²) in [7, 11) is 0. The molecule has 0 atom stereocenters. The van der Waals surface area contributed by atoms with Crippen LogP contribution in [0, 0.1) is 5.82 Å². The van der Waals surface area contributed by atoms with Crippen LogP contribution in [-0.2, 0) is 0 Å². The Kier molecular flexibility index (Phi) is 3.80. The number of phenols is 1. The fourth-order valence-electron chi connectivity index (χ4n) is 2.79. The third-order valence-electron chi connectivity index (χ3n) is 3.79. The largest absolute Gasteiger partial charge is 0.508 e. The number of aromatic hydroxyl groups is 1. The van der Waals surface area contributed by atoms with E-state index in [4.69, 9.17) is 0 Å². The van der Waals surface area contributed by atoms with Gasteiger partial charge < -0.3 is 10.1 Å². The molecule has 1 aromatic heterocycles. The highest BCUT2D eigenvalue weighted by molar-refractivity contribution is 9.10. The highest BCUT2D eigenvalue weighted by Gasteiger charge is 2.23. The number of halogens is 2. The first-order valence-corrected chi connectivity index (χ1v) is 7.63. The third kappa shape index (κ3) is 2.85. The van der Waals surface area contributed by atoms with Gasteiger partial charge in [-0.3, -0.25) is 4.79 Å². The van der Waals surface area contributed by atoms with Gasteiger partial charge in [0.2, 0.25) is 0 Å². The van der Waals surface area contributed by atoms with E-state index in [1.807, 2.05) is 0 Å². The van der Waals surface area contributed by atoms with E-state index in [2.05, 4.69) is 25.9 Å². The SMILES string of the molecule is O=c1[nH]c(-c2cc(O)cc(F)c2)nc(C2CCCC2)c1Br. The van der Waals surface area contributed by atoms with Gasteiger partial charge in [-0.1, -0.05) is 12.8 Å². The molecule has 21 heavy (non-hydrogen) atoms. The summed E-state index contributed by atoms with van der Waals surface area (Å²) in [6.45, 7) is 0. The summed E-state index contributed by atoms with van der Waals surface area (Å²) in [5, 5.41) is 9.49. The number of rotatable bonds is 2. The maximum absolute atomic E-state index is 13.4. The van der Waals surface area contributed by atoms with Gasteiger partial charge in [0.25, 0.3) is 5.56 Å². The molecule has 2 aromatic rings. The van der Waals surface area contributed by atoms with Crippen LogP contribution in [0.25, 0.3) is 11.4 Å². The Bertz CT molecular complexity index is 719. The van der Waals surface area contributed by atoms with Crippen molar-refractivity contribution in [1.82, 2.24) is 9.97 Å². The van der Waals surface area contributed by atoms with Crippen LogP contribution in [0.4, 0.5) is 4.39 Å². The smallest absolute Gasteiger partial charge is 0.265 e. The number of benzene rings is 1. The van der Waals surface area contributed by atoms with Crippen molar-refractivity contribution in [3.05, 3.63) is 44.5 Å². The normalized spacial score (nSPS) is 15.5. The Labute approximate surface area is 129 Å². The fourth-order valence-corrected chi connectivity index (χ4v) is 3.31. The zero-order chi connectivity index (χ0) is 15.0. The molecule has 0 saturated heterocycles. The van der Waals surface area contributed by atoms with E-state index in [9.17, 15) is 14.3 Å². The van der Waals surface area contributed by atoms with Gasteiger partial charge in [-0.15, -0.1) is 0 Å². The highest BCUT2D eigenvalue weighted by Crippen LogP contribution is 2.36. The highest BCUT2D eigenvalue weighted by atomic mass is 79.9. The molecule has 1 aromatic carbocycles. The van der Waals surface area contributed by atoms with Crippen LogP contribution in [0.3, 0.4) is 0 Å². The van der Waals surface area contributed by atoms with Gasteiger partial charge in [0, 0.05) is 17.5 Å². The predicted octanol–water partition coefficient (Wildman–Crippen LogP) is 3.70. The van der Waals surface area contributed by atoms with Crippen LogP contribution in [0.1, 0.15) is 37.3 Å². The molecule has 6 heteroatoms. The summed E-state index contributed by atoms with van der Waals surface area (Å²) in [5.41, 5.74) is 0.789. The van der Waals surface area contributed by atoms with Crippen LogP contribution in [0.15, 0.2) is 27.5 Å². The maximum atomic E-state index is 13.4. The average molecular weight is 353 g/mol. The minimum Gasteiger partial charge on any atom is -0.508 e. The molecule has 1 aliphatic rings. The molecule has 1 aliphatic carbocycles. The van der Waals surface area contributed by atoms with Crippen molar-refractivity contribution in [3.63, 3.8) is 0 Å². The number of hydrogen-bond acceptors (Lipinski definition) is 3. The number of aromatic nitrogens is 2. The summed E-state index contributed by atoms with van der Waals surface area (Å²) in [4.78, 5) is 19.2. The van der Waals surface area contributed by atoms with Crippen molar-refractivity contribution < 1.29 is 9.50 Å². The van der Waals surface area contributed by atoms with Crippen LogP contribution in [-0.4, -0.2) is 15.1 Å². The van der Waals surface area contributed by atoms with E-state index in [0.29, 0.717) is 10.0 Å². The van der Waals surface area contributed by atoms with Gasteiger partial charge in [-0.25, -0.2) is 9.37 Å². The number of H-pyrrole nitrogens is 1. The van der Waals surface area contributed by atoms with Crippen LogP contribution < -0.4 is 5.56 Å². The number of nitrogens with one attached hydrogen (secondary N) is 1. The van der Waals surface area contributed by atoms with Gasteiger partial charge >= 0.3 is 0 Å². The Morgan fingerprint density at radius 2 is 2.00 bits per heavy atom. The lowest BCUT2D eigenvalue weighted by atomic mass is 10.0. The van der Waals surface area contributed by atoms with Crippen molar-refractivity contribution in [3.8, 4) is 17.1 Å². The molecule has 2 N–H and O–H groups in total. The molecule has 0 aliphatic heterocycles. The molecule has 1 fully saturated rings. The van der Waals surface area contributed by atoms with Crippen molar-refractivity contribution in [2.45, 2.75) is 31.6 Å². The second-order valence-corrected chi connectivity index (χ2v) is 6.09. The summed E-state index contributed by atoms with van der Waals surface area (Å²) >= 11 is 3.30. The lowest BCUT2D eigenvalue weighted by Gasteiger charge is -2.12. The summed E-state index contributed by atoms with van der Waals surface area (Å²) in [5.74, 6) is -0.238. The summed E-state index contributed by atoms with van der Waals surface area (Å²) < 4.78 is 13.8. The molecule has 0 unspecified atom stereocenters. The van der Waals surface area contributed by atoms with E-state index in [1.54, 1.807) is 0 Å². The van der Waals surface area contributed by atoms with Crippen molar-refractivity contribution >= 4 is 15.9 Å². The standard InChI is InChI=1S/C15H14BrFN2O2/c16-12-13(8-3-1-2-4-8)18-14(19-15(12)21)9-5-10(17)7-11(20)6-9/h5-8,20H,1-4H2,(H,18,19,21). The Morgan fingerprint density at radius 3 is 2.67 bits per heavy atom. The van der Waals surface area contributed by atoms with Gasteiger partial charge in [0.1, 0.15) is 21.9 Å². The third-order valence-corrected chi connectivity index (χ3v) is 4.55. The van der Waals surface area contributed by atoms with Gasteiger partial charge in [-0.2, -0.15) is 0 Å². The molecule has 3 rings (SSSR count). The van der Waals surface area contributed by atoms with Gasteiger partial charge in [0.05, 0.1) is 5.69 Å².